The van der Waals surface area contributed by atoms with E-state index in [-0.39, 0.29) is 12.4 Å². The van der Waals surface area contributed by atoms with Crippen molar-refractivity contribution in [3.05, 3.63) is 64.1 Å². The van der Waals surface area contributed by atoms with Crippen molar-refractivity contribution in [1.29, 1.82) is 0 Å². The van der Waals surface area contributed by atoms with Gasteiger partial charge in [0.25, 0.3) is 0 Å². The Bertz CT molecular complexity index is 1070. The van der Waals surface area contributed by atoms with Crippen LogP contribution in [0.25, 0.3) is 5.00 Å². The van der Waals surface area contributed by atoms with Gasteiger partial charge in [0.15, 0.2) is 5.82 Å². The highest BCUT2D eigenvalue weighted by Crippen LogP contribution is 2.39. The number of thiophene rings is 1. The molecule has 150 valence electrons. The van der Waals surface area contributed by atoms with Crippen LogP contribution in [-0.2, 0) is 14.3 Å². The molecule has 1 aliphatic heterocycles. The van der Waals surface area contributed by atoms with E-state index in [1.54, 1.807) is 29.6 Å². The van der Waals surface area contributed by atoms with Crippen LogP contribution < -0.4 is 0 Å². The molecule has 1 aliphatic rings. The van der Waals surface area contributed by atoms with Gasteiger partial charge in [-0.2, -0.15) is 0 Å². The maximum absolute atomic E-state index is 12.1. The Kier molecular flexibility index (Phi) is 6.03. The van der Waals surface area contributed by atoms with Crippen LogP contribution in [0, 0.1) is 20.8 Å². The van der Waals surface area contributed by atoms with Crippen molar-refractivity contribution < 1.29 is 14.3 Å². The number of allylic oxidation sites excluding steroid dienone is 5. The SMILES string of the molecule is C=C/C(=C\C=CC=O)C1=NC(CC(=O)OC)c2nnc(C)n2-c2sc(C)c(C)c21. The first-order chi connectivity index (χ1) is 13.9. The molecule has 3 heterocycles. The fourth-order valence-electron chi connectivity index (χ4n) is 3.21. The molecule has 1 atom stereocenters. The third kappa shape index (κ3) is 3.75. The van der Waals surface area contributed by atoms with E-state index >= 15 is 0 Å². The van der Waals surface area contributed by atoms with Crippen LogP contribution in [0.5, 0.6) is 0 Å². The highest BCUT2D eigenvalue weighted by atomic mass is 32.1. The van der Waals surface area contributed by atoms with Gasteiger partial charge in [-0.25, -0.2) is 0 Å². The predicted octanol–water partition coefficient (Wildman–Crippen LogP) is 3.53. The maximum Gasteiger partial charge on any atom is 0.308 e. The topological polar surface area (TPSA) is 86.4 Å². The second-order valence-corrected chi connectivity index (χ2v) is 7.73. The van der Waals surface area contributed by atoms with Crippen molar-refractivity contribution in [2.75, 3.05) is 7.11 Å². The number of carbonyl (C=O) groups is 2. The number of esters is 1. The number of nitrogens with zero attached hydrogens (tertiary/aromatic N) is 4. The molecule has 0 spiro atoms. The fourth-order valence-corrected chi connectivity index (χ4v) is 4.43. The number of aromatic nitrogens is 3. The van der Waals surface area contributed by atoms with Gasteiger partial charge in [-0.05, 0) is 38.0 Å². The smallest absolute Gasteiger partial charge is 0.308 e. The molecule has 0 aliphatic carbocycles. The summed E-state index contributed by atoms with van der Waals surface area (Å²) in [7, 11) is 1.35. The molecule has 0 bridgehead atoms. The molecular weight excluding hydrogens is 388 g/mol. The summed E-state index contributed by atoms with van der Waals surface area (Å²) < 4.78 is 6.84. The van der Waals surface area contributed by atoms with Crippen molar-refractivity contribution in [3.8, 4) is 5.00 Å². The van der Waals surface area contributed by atoms with Crippen molar-refractivity contribution >= 4 is 29.3 Å². The van der Waals surface area contributed by atoms with Crippen LogP contribution >= 0.6 is 11.3 Å². The third-order valence-corrected chi connectivity index (χ3v) is 5.98. The molecule has 2 aromatic heterocycles. The number of aryl methyl sites for hydroxylation is 2. The lowest BCUT2D eigenvalue weighted by Gasteiger charge is -2.11. The summed E-state index contributed by atoms with van der Waals surface area (Å²) in [4.78, 5) is 28.8. The predicted molar refractivity (Wildman–Crippen MR) is 113 cm³/mol. The molecule has 2 aromatic rings. The van der Waals surface area contributed by atoms with Gasteiger partial charge in [0.2, 0.25) is 0 Å². The van der Waals surface area contributed by atoms with Crippen molar-refractivity contribution in [2.24, 2.45) is 4.99 Å². The zero-order chi connectivity index (χ0) is 21.1. The molecule has 0 saturated carbocycles. The molecule has 0 aromatic carbocycles. The highest BCUT2D eigenvalue weighted by Gasteiger charge is 2.32. The van der Waals surface area contributed by atoms with E-state index in [0.29, 0.717) is 17.8 Å². The van der Waals surface area contributed by atoms with E-state index in [0.717, 1.165) is 32.4 Å². The Hall–Kier alpha value is -3.13. The molecule has 0 fully saturated rings. The minimum atomic E-state index is -0.559. The van der Waals surface area contributed by atoms with Crippen molar-refractivity contribution in [2.45, 2.75) is 33.2 Å². The quantitative estimate of drug-likeness (QED) is 0.315. The first-order valence-corrected chi connectivity index (χ1v) is 9.86. The first kappa shape index (κ1) is 20.6. The summed E-state index contributed by atoms with van der Waals surface area (Å²) in [5.74, 6) is 0.935. The Balaban J connectivity index is 2.32. The summed E-state index contributed by atoms with van der Waals surface area (Å²) in [6, 6.07) is -0.559. The second kappa shape index (κ2) is 8.48. The number of carbonyl (C=O) groups excluding carboxylic acids is 2. The lowest BCUT2D eigenvalue weighted by atomic mass is 9.99. The summed E-state index contributed by atoms with van der Waals surface area (Å²) in [6.45, 7) is 9.89. The average molecular weight is 410 g/mol. The number of fused-ring (bicyclic) bond motifs is 3. The zero-order valence-corrected chi connectivity index (χ0v) is 17.6. The highest BCUT2D eigenvalue weighted by molar-refractivity contribution is 7.15. The molecule has 0 amide bonds. The zero-order valence-electron chi connectivity index (χ0n) is 16.8. The molecule has 3 rings (SSSR count). The molecule has 29 heavy (non-hydrogen) atoms. The Labute approximate surface area is 173 Å². The number of ether oxygens (including phenoxy) is 1. The Morgan fingerprint density at radius 1 is 1.28 bits per heavy atom. The Morgan fingerprint density at radius 3 is 2.69 bits per heavy atom. The summed E-state index contributed by atoms with van der Waals surface area (Å²) in [5.41, 5.74) is 3.49. The third-order valence-electron chi connectivity index (χ3n) is 4.79. The van der Waals surface area contributed by atoms with E-state index in [2.05, 4.69) is 23.7 Å². The number of hydrogen-bond donors (Lipinski definition) is 0. The Morgan fingerprint density at radius 2 is 2.03 bits per heavy atom. The van der Waals surface area contributed by atoms with E-state index in [1.807, 2.05) is 18.4 Å². The van der Waals surface area contributed by atoms with Crippen LogP contribution in [-0.4, -0.2) is 39.8 Å². The second-order valence-electron chi connectivity index (χ2n) is 6.53. The fraction of sp³-hybridized carbons (Fsp3) is 0.286. The molecular formula is C21H22N4O3S. The number of hydrogen-bond acceptors (Lipinski definition) is 7. The van der Waals surface area contributed by atoms with Gasteiger partial charge in [-0.1, -0.05) is 24.8 Å². The summed E-state index contributed by atoms with van der Waals surface area (Å²) >= 11 is 1.63. The van der Waals surface area contributed by atoms with Crippen LogP contribution in [0.2, 0.25) is 0 Å². The lowest BCUT2D eigenvalue weighted by molar-refractivity contribution is -0.141. The first-order valence-electron chi connectivity index (χ1n) is 9.05. The lowest BCUT2D eigenvalue weighted by Crippen LogP contribution is -2.12. The molecule has 1 unspecified atom stereocenters. The largest absolute Gasteiger partial charge is 0.469 e. The molecule has 8 heteroatoms. The summed E-state index contributed by atoms with van der Waals surface area (Å²) in [6.07, 6.45) is 7.27. The van der Waals surface area contributed by atoms with Crippen LogP contribution in [0.1, 0.15) is 40.1 Å². The molecule has 0 saturated heterocycles. The van der Waals surface area contributed by atoms with Crippen molar-refractivity contribution in [1.82, 2.24) is 14.8 Å². The van der Waals surface area contributed by atoms with Gasteiger partial charge in [0.1, 0.15) is 23.2 Å². The van der Waals surface area contributed by atoms with Gasteiger partial charge < -0.3 is 4.74 Å². The van der Waals surface area contributed by atoms with E-state index < -0.39 is 6.04 Å². The van der Waals surface area contributed by atoms with Crippen molar-refractivity contribution in [3.63, 3.8) is 0 Å². The number of aliphatic imine (C=N–C) groups is 1. The minimum Gasteiger partial charge on any atom is -0.469 e. The molecule has 0 N–H and O–H groups in total. The number of rotatable bonds is 6. The standard InChI is InChI=1S/C21H22N4O3S/c1-6-15(9-7-8-10-26)19-18-12(2)13(3)29-21(18)25-14(4)23-24-20(25)16(22-19)11-17(27)28-5/h6-10,16H,1,11H2,2-5H3/b8-7?,15-9+. The van der Waals surface area contributed by atoms with Gasteiger partial charge in [0.05, 0.1) is 19.2 Å². The maximum atomic E-state index is 12.1. The minimum absolute atomic E-state index is 0.0414. The van der Waals surface area contributed by atoms with Gasteiger partial charge in [-0.3, -0.25) is 19.1 Å². The van der Waals surface area contributed by atoms with Gasteiger partial charge in [0, 0.05) is 10.4 Å². The molecule has 0 radical (unpaired) electrons. The van der Waals surface area contributed by atoms with Gasteiger partial charge in [-0.15, -0.1) is 21.5 Å². The van der Waals surface area contributed by atoms with Crippen LogP contribution in [0.4, 0.5) is 0 Å². The van der Waals surface area contributed by atoms with Gasteiger partial charge >= 0.3 is 5.97 Å². The summed E-state index contributed by atoms with van der Waals surface area (Å²) in [5, 5.41) is 9.50. The van der Waals surface area contributed by atoms with E-state index in [4.69, 9.17) is 9.73 Å². The number of aldehydes is 1. The average Bonchev–Trinajstić information content (AvgIpc) is 3.18. The van der Waals surface area contributed by atoms with E-state index in [9.17, 15) is 9.59 Å². The normalized spacial score (nSPS) is 16.1. The van der Waals surface area contributed by atoms with E-state index in [1.165, 1.54) is 13.2 Å². The van der Waals surface area contributed by atoms with Crippen LogP contribution in [0.15, 0.2) is 41.4 Å². The number of methoxy groups -OCH3 is 1. The molecule has 7 nitrogen and oxygen atoms in total. The van der Waals surface area contributed by atoms with Crippen LogP contribution in [0.3, 0.4) is 0 Å². The monoisotopic (exact) mass is 410 g/mol.